The Morgan fingerprint density at radius 3 is 2.24 bits per heavy atom. The zero-order valence-electron chi connectivity index (χ0n) is 19.6. The normalized spacial score (nSPS) is 22.7. The van der Waals surface area contributed by atoms with E-state index in [1.54, 1.807) is 66.7 Å². The maximum atomic E-state index is 13.4. The molecule has 3 aromatic rings. The van der Waals surface area contributed by atoms with Gasteiger partial charge >= 0.3 is 0 Å². The number of aliphatic hydroxyl groups excluding tert-OH is 2. The molecule has 7 nitrogen and oxygen atoms in total. The summed E-state index contributed by atoms with van der Waals surface area (Å²) in [5.41, 5.74) is 8.14. The largest absolute Gasteiger partial charge is 0.392 e. The van der Waals surface area contributed by atoms with E-state index in [4.69, 9.17) is 50.4 Å². The fraction of sp³-hybridized carbons (Fsp3) is 0.259. The van der Waals surface area contributed by atoms with Crippen molar-refractivity contribution in [1.29, 1.82) is 0 Å². The van der Waals surface area contributed by atoms with Crippen molar-refractivity contribution in [3.05, 3.63) is 104 Å². The standard InChI is InChI=1S/C20H18Cl2N2O4.C7H7ClO/c21-10-5-6-13(14(22)7-10)18-17(19(23)26)11-3-1-2-4-12(11)20(27)24(18)15-8-28-9-16(15)25;8-7-3-1-6(5-9)2-4-7/h1-7,15-18,25H,8-9H2,(H2,23,26);1-4,9H,5H2. The summed E-state index contributed by atoms with van der Waals surface area (Å²) in [5.74, 6) is -1.73. The monoisotopic (exact) mass is 562 g/mol. The van der Waals surface area contributed by atoms with Gasteiger partial charge in [-0.05, 0) is 47.0 Å². The van der Waals surface area contributed by atoms with Gasteiger partial charge in [0, 0.05) is 20.6 Å². The Labute approximate surface area is 229 Å². The maximum Gasteiger partial charge on any atom is 0.255 e. The number of fused-ring (bicyclic) bond motifs is 1. The van der Waals surface area contributed by atoms with Gasteiger partial charge in [-0.2, -0.15) is 0 Å². The Balaban J connectivity index is 0.000000301. The fourth-order valence-electron chi connectivity index (χ4n) is 4.68. The molecule has 5 rings (SSSR count). The van der Waals surface area contributed by atoms with Gasteiger partial charge in [0.25, 0.3) is 5.91 Å². The van der Waals surface area contributed by atoms with Crippen LogP contribution in [-0.2, 0) is 16.1 Å². The number of primary amides is 1. The van der Waals surface area contributed by atoms with Crippen LogP contribution in [0.15, 0.2) is 66.7 Å². The van der Waals surface area contributed by atoms with Crippen LogP contribution in [0.1, 0.15) is 39.0 Å². The first kappa shape index (κ1) is 27.4. The van der Waals surface area contributed by atoms with Crippen molar-refractivity contribution in [1.82, 2.24) is 4.90 Å². The van der Waals surface area contributed by atoms with Crippen molar-refractivity contribution in [3.8, 4) is 0 Å². The number of carbonyl (C=O) groups is 2. The molecule has 2 heterocycles. The minimum atomic E-state index is -0.878. The Bertz CT molecular complexity index is 1290. The second-order valence-corrected chi connectivity index (χ2v) is 10.0. The number of nitrogens with two attached hydrogens (primary N) is 1. The van der Waals surface area contributed by atoms with E-state index in [2.05, 4.69) is 0 Å². The Morgan fingerprint density at radius 1 is 0.973 bits per heavy atom. The van der Waals surface area contributed by atoms with Gasteiger partial charge in [-0.25, -0.2) is 0 Å². The SMILES string of the molecule is NC(=O)C1c2ccccc2C(=O)N(C2COCC2O)C1c1ccc(Cl)cc1Cl.OCc1ccc(Cl)cc1. The van der Waals surface area contributed by atoms with E-state index in [0.29, 0.717) is 31.8 Å². The summed E-state index contributed by atoms with van der Waals surface area (Å²) in [6, 6.07) is 17.4. The number of hydrogen-bond donors (Lipinski definition) is 3. The van der Waals surface area contributed by atoms with Gasteiger partial charge in [0.15, 0.2) is 0 Å². The zero-order chi connectivity index (χ0) is 26.7. The van der Waals surface area contributed by atoms with E-state index in [1.807, 2.05) is 0 Å². The number of halogens is 3. The molecule has 2 aliphatic heterocycles. The predicted molar refractivity (Wildman–Crippen MR) is 142 cm³/mol. The lowest BCUT2D eigenvalue weighted by Crippen LogP contribution is -2.54. The molecule has 0 spiro atoms. The van der Waals surface area contributed by atoms with Gasteiger partial charge in [-0.1, -0.05) is 71.2 Å². The fourth-order valence-corrected chi connectivity index (χ4v) is 5.33. The molecule has 37 heavy (non-hydrogen) atoms. The van der Waals surface area contributed by atoms with Gasteiger partial charge in [0.05, 0.1) is 43.9 Å². The lowest BCUT2D eigenvalue weighted by molar-refractivity contribution is -0.121. The number of amides is 2. The van der Waals surface area contributed by atoms with E-state index in [-0.39, 0.29) is 25.7 Å². The van der Waals surface area contributed by atoms with E-state index in [0.717, 1.165) is 5.56 Å². The van der Waals surface area contributed by atoms with Crippen LogP contribution in [0.4, 0.5) is 0 Å². The highest BCUT2D eigenvalue weighted by Gasteiger charge is 2.49. The summed E-state index contributed by atoms with van der Waals surface area (Å²) < 4.78 is 5.37. The minimum absolute atomic E-state index is 0.0805. The summed E-state index contributed by atoms with van der Waals surface area (Å²) in [6.07, 6.45) is -0.878. The number of hydrogen-bond acceptors (Lipinski definition) is 5. The molecule has 0 radical (unpaired) electrons. The van der Waals surface area contributed by atoms with Crippen molar-refractivity contribution < 1.29 is 24.5 Å². The average molecular weight is 564 g/mol. The van der Waals surface area contributed by atoms with Crippen LogP contribution in [0.2, 0.25) is 15.1 Å². The molecule has 0 bridgehead atoms. The van der Waals surface area contributed by atoms with Crippen molar-refractivity contribution in [2.75, 3.05) is 13.2 Å². The average Bonchev–Trinajstić information content (AvgIpc) is 3.30. The molecule has 4 unspecified atom stereocenters. The van der Waals surface area contributed by atoms with Crippen molar-refractivity contribution in [2.45, 2.75) is 30.7 Å². The third-order valence-electron chi connectivity index (χ3n) is 6.44. The van der Waals surface area contributed by atoms with Crippen molar-refractivity contribution in [2.24, 2.45) is 5.73 Å². The summed E-state index contributed by atoms with van der Waals surface area (Å²) in [5, 5.41) is 20.5. The predicted octanol–water partition coefficient (Wildman–Crippen LogP) is 4.35. The van der Waals surface area contributed by atoms with Gasteiger partial charge in [-0.3, -0.25) is 9.59 Å². The minimum Gasteiger partial charge on any atom is -0.392 e. The lowest BCUT2D eigenvalue weighted by atomic mass is 9.78. The van der Waals surface area contributed by atoms with Crippen LogP contribution in [-0.4, -0.2) is 52.3 Å². The number of carbonyl (C=O) groups excluding carboxylic acids is 2. The lowest BCUT2D eigenvalue weighted by Gasteiger charge is -2.44. The van der Waals surface area contributed by atoms with Gasteiger partial charge in [-0.15, -0.1) is 0 Å². The maximum absolute atomic E-state index is 13.4. The third kappa shape index (κ3) is 5.77. The molecule has 2 amide bonds. The topological polar surface area (TPSA) is 113 Å². The first-order valence-corrected chi connectivity index (χ1v) is 12.6. The zero-order valence-corrected chi connectivity index (χ0v) is 21.8. The number of nitrogens with zero attached hydrogens (tertiary/aromatic N) is 1. The Hall–Kier alpha value is -2.65. The van der Waals surface area contributed by atoms with E-state index >= 15 is 0 Å². The molecule has 1 fully saturated rings. The molecule has 0 aliphatic carbocycles. The highest BCUT2D eigenvalue weighted by molar-refractivity contribution is 6.35. The molecule has 2 aliphatic rings. The number of rotatable bonds is 4. The summed E-state index contributed by atoms with van der Waals surface area (Å²) in [6.45, 7) is 0.345. The quantitative estimate of drug-likeness (QED) is 0.437. The molecular formula is C27H25Cl3N2O5. The highest BCUT2D eigenvalue weighted by Crippen LogP contribution is 2.46. The molecule has 10 heteroatoms. The first-order chi connectivity index (χ1) is 17.7. The number of ether oxygens (including phenoxy) is 1. The molecule has 0 saturated carbocycles. The number of benzene rings is 3. The smallest absolute Gasteiger partial charge is 0.255 e. The Morgan fingerprint density at radius 2 is 1.65 bits per heavy atom. The third-order valence-corrected chi connectivity index (χ3v) is 7.25. The van der Waals surface area contributed by atoms with Crippen LogP contribution in [0.25, 0.3) is 0 Å². The van der Waals surface area contributed by atoms with E-state index in [1.165, 1.54) is 4.90 Å². The molecule has 1 saturated heterocycles. The second kappa shape index (κ2) is 11.8. The van der Waals surface area contributed by atoms with Gasteiger partial charge < -0.3 is 25.6 Å². The molecule has 4 atom stereocenters. The van der Waals surface area contributed by atoms with Crippen LogP contribution in [0, 0.1) is 0 Å². The molecular weight excluding hydrogens is 539 g/mol. The van der Waals surface area contributed by atoms with E-state index < -0.39 is 30.0 Å². The van der Waals surface area contributed by atoms with Crippen LogP contribution in [0.3, 0.4) is 0 Å². The van der Waals surface area contributed by atoms with Crippen LogP contribution in [0.5, 0.6) is 0 Å². The first-order valence-electron chi connectivity index (χ1n) is 11.5. The van der Waals surface area contributed by atoms with Gasteiger partial charge in [0.2, 0.25) is 5.91 Å². The van der Waals surface area contributed by atoms with Crippen molar-refractivity contribution in [3.63, 3.8) is 0 Å². The summed E-state index contributed by atoms with van der Waals surface area (Å²) >= 11 is 18.1. The molecule has 194 valence electrons. The molecule has 3 aromatic carbocycles. The van der Waals surface area contributed by atoms with Crippen LogP contribution >= 0.6 is 34.8 Å². The molecule has 0 aromatic heterocycles. The molecule has 4 N–H and O–H groups in total. The summed E-state index contributed by atoms with van der Waals surface area (Å²) in [4.78, 5) is 27.5. The van der Waals surface area contributed by atoms with Crippen molar-refractivity contribution >= 4 is 46.6 Å². The van der Waals surface area contributed by atoms with E-state index in [9.17, 15) is 14.7 Å². The highest BCUT2D eigenvalue weighted by atomic mass is 35.5. The Kier molecular flexibility index (Phi) is 8.75. The second-order valence-electron chi connectivity index (χ2n) is 8.75. The number of aliphatic hydroxyl groups is 2. The van der Waals surface area contributed by atoms with Gasteiger partial charge in [0.1, 0.15) is 0 Å². The van der Waals surface area contributed by atoms with Crippen LogP contribution < -0.4 is 5.73 Å². The summed E-state index contributed by atoms with van der Waals surface area (Å²) in [7, 11) is 0.